The molecule has 9 nitrogen and oxygen atoms in total. The Hall–Kier alpha value is -0.650. The van der Waals surface area contributed by atoms with Gasteiger partial charge < -0.3 is 35.5 Å². The van der Waals surface area contributed by atoms with Gasteiger partial charge in [0.1, 0.15) is 5.78 Å². The van der Waals surface area contributed by atoms with Crippen LogP contribution in [0.1, 0.15) is 59.8 Å². The van der Waals surface area contributed by atoms with E-state index in [2.05, 4.69) is 23.8 Å². The van der Waals surface area contributed by atoms with Crippen molar-refractivity contribution in [3.8, 4) is 0 Å². The van der Waals surface area contributed by atoms with Crippen LogP contribution in [0.25, 0.3) is 0 Å². The van der Waals surface area contributed by atoms with Crippen LogP contribution in [0.4, 0.5) is 0 Å². The lowest BCUT2D eigenvalue weighted by atomic mass is 9.36. The average Bonchev–Trinajstić information content (AvgIpc) is 2.82. The first-order chi connectivity index (χ1) is 18.1. The first-order valence-corrected chi connectivity index (χ1v) is 15.2. The standard InChI is InChI=1S/C30H52N2O7/c1-16(33)22-20(35)13-29(3)15-28(2)12-18-17(21(36)14-32-10-8-31(5)9-11-32)6-7-19(34)23(18)25(37)24(28)27(39)30(29,4)26(22)38/h16-19,21-27,33-34,36-39H,6-15H2,1-5H3. The number of nitrogens with zero attached hydrogens (tertiary/aromatic N) is 2. The predicted octanol–water partition coefficient (Wildman–Crippen LogP) is 0.0930. The molecule has 14 atom stereocenters. The van der Waals surface area contributed by atoms with Crippen LogP contribution in [0, 0.1) is 45.8 Å². The number of likely N-dealkylation sites (N-methyl/N-ethyl adjacent to an activating group) is 1. The summed E-state index contributed by atoms with van der Waals surface area (Å²) in [6, 6.07) is 0. The van der Waals surface area contributed by atoms with Crippen molar-refractivity contribution < 1.29 is 35.4 Å². The van der Waals surface area contributed by atoms with Crippen LogP contribution in [0.15, 0.2) is 0 Å². The van der Waals surface area contributed by atoms with Gasteiger partial charge in [-0.15, -0.1) is 0 Å². The van der Waals surface area contributed by atoms with E-state index < -0.39 is 70.6 Å². The molecule has 0 aromatic rings. The number of carbonyl (C=O) groups is 1. The maximum Gasteiger partial charge on any atom is 0.141 e. The Morgan fingerprint density at radius 3 is 2.23 bits per heavy atom. The molecule has 39 heavy (non-hydrogen) atoms. The van der Waals surface area contributed by atoms with Gasteiger partial charge in [0.05, 0.1) is 42.5 Å². The van der Waals surface area contributed by atoms with Crippen molar-refractivity contribution in [3.63, 3.8) is 0 Å². The molecule has 0 aromatic carbocycles. The van der Waals surface area contributed by atoms with Crippen LogP contribution >= 0.6 is 0 Å². The number of rotatable bonds is 4. The highest BCUT2D eigenvalue weighted by atomic mass is 16.3. The number of aliphatic hydroxyl groups is 6. The predicted molar refractivity (Wildman–Crippen MR) is 146 cm³/mol. The number of ketones is 1. The van der Waals surface area contributed by atoms with Crippen LogP contribution in [0.5, 0.6) is 0 Å². The quantitative estimate of drug-likeness (QED) is 0.286. The molecule has 1 aliphatic heterocycles. The molecule has 6 N–H and O–H groups in total. The van der Waals surface area contributed by atoms with Gasteiger partial charge in [0.25, 0.3) is 0 Å². The number of hydrogen-bond acceptors (Lipinski definition) is 9. The zero-order valence-electron chi connectivity index (χ0n) is 24.4. The third kappa shape index (κ3) is 4.54. The smallest absolute Gasteiger partial charge is 0.141 e. The second kappa shape index (κ2) is 10.3. The summed E-state index contributed by atoms with van der Waals surface area (Å²) in [6.07, 6.45) is -3.21. The highest BCUT2D eigenvalue weighted by molar-refractivity contribution is 5.84. The summed E-state index contributed by atoms with van der Waals surface area (Å²) in [5.74, 6) is -2.41. The van der Waals surface area contributed by atoms with Crippen molar-refractivity contribution in [2.45, 2.75) is 96.4 Å². The molecule has 0 bridgehead atoms. The lowest BCUT2D eigenvalue weighted by Crippen LogP contribution is -2.73. The Kier molecular flexibility index (Phi) is 7.85. The first kappa shape index (κ1) is 29.8. The summed E-state index contributed by atoms with van der Waals surface area (Å²) in [4.78, 5) is 17.8. The summed E-state index contributed by atoms with van der Waals surface area (Å²) in [5, 5.41) is 68.5. The van der Waals surface area contributed by atoms with Gasteiger partial charge >= 0.3 is 0 Å². The molecule has 5 fully saturated rings. The van der Waals surface area contributed by atoms with Gasteiger partial charge in [-0.1, -0.05) is 20.8 Å². The first-order valence-electron chi connectivity index (χ1n) is 15.2. The molecule has 0 amide bonds. The van der Waals surface area contributed by atoms with Crippen molar-refractivity contribution in [1.29, 1.82) is 0 Å². The average molecular weight is 553 g/mol. The van der Waals surface area contributed by atoms with Crippen LogP contribution in [0.2, 0.25) is 0 Å². The molecular weight excluding hydrogens is 500 g/mol. The van der Waals surface area contributed by atoms with Crippen LogP contribution in [0.3, 0.4) is 0 Å². The number of aliphatic hydroxyl groups excluding tert-OH is 6. The normalized spacial score (nSPS) is 52.9. The number of fused-ring (bicyclic) bond motifs is 3. The van der Waals surface area contributed by atoms with Gasteiger partial charge in [-0.3, -0.25) is 9.69 Å². The Labute approximate surface area is 233 Å². The molecule has 0 aromatic heterocycles. The largest absolute Gasteiger partial charge is 0.393 e. The minimum Gasteiger partial charge on any atom is -0.393 e. The summed E-state index contributed by atoms with van der Waals surface area (Å²) in [6.45, 7) is 11.7. The topological polar surface area (TPSA) is 145 Å². The monoisotopic (exact) mass is 552 g/mol. The van der Waals surface area contributed by atoms with Gasteiger partial charge in [-0.2, -0.15) is 0 Å². The van der Waals surface area contributed by atoms with E-state index in [-0.39, 0.29) is 24.0 Å². The van der Waals surface area contributed by atoms with E-state index in [4.69, 9.17) is 0 Å². The molecular formula is C30H52N2O7. The van der Waals surface area contributed by atoms with Gasteiger partial charge in [-0.25, -0.2) is 0 Å². The van der Waals surface area contributed by atoms with Crippen LogP contribution in [-0.4, -0.2) is 123 Å². The van der Waals surface area contributed by atoms with Gasteiger partial charge in [0, 0.05) is 56.4 Å². The third-order valence-corrected chi connectivity index (χ3v) is 12.5. The number of carbonyl (C=O) groups excluding carboxylic acids is 1. The number of hydrogen-bond donors (Lipinski definition) is 6. The van der Waals surface area contributed by atoms with Crippen molar-refractivity contribution in [1.82, 2.24) is 9.80 Å². The van der Waals surface area contributed by atoms with Crippen molar-refractivity contribution in [3.05, 3.63) is 0 Å². The molecule has 1 heterocycles. The van der Waals surface area contributed by atoms with E-state index in [0.29, 0.717) is 32.2 Å². The minimum absolute atomic E-state index is 0.0677. The molecule has 0 radical (unpaired) electrons. The number of piperazine rings is 1. The SMILES string of the molecule is CC(O)C1C(=O)CC2(C)CC3(C)CC4C(C(O)CN5CCN(C)CC5)CCC(O)C4C(O)C3C(O)C2(C)C1O. The van der Waals surface area contributed by atoms with E-state index in [1.165, 1.54) is 6.92 Å². The Morgan fingerprint density at radius 1 is 0.974 bits per heavy atom. The molecule has 224 valence electrons. The highest BCUT2D eigenvalue weighted by Gasteiger charge is 2.72. The van der Waals surface area contributed by atoms with Crippen LogP contribution in [-0.2, 0) is 4.79 Å². The fraction of sp³-hybridized carbons (Fsp3) is 0.967. The lowest BCUT2D eigenvalue weighted by molar-refractivity contribution is -0.289. The summed E-state index contributed by atoms with van der Waals surface area (Å²) in [5.41, 5.74) is -2.39. The Morgan fingerprint density at radius 2 is 1.62 bits per heavy atom. The highest BCUT2D eigenvalue weighted by Crippen LogP contribution is 2.69. The van der Waals surface area contributed by atoms with E-state index in [0.717, 1.165) is 26.2 Å². The summed E-state index contributed by atoms with van der Waals surface area (Å²) < 4.78 is 0. The van der Waals surface area contributed by atoms with Gasteiger partial charge in [0.2, 0.25) is 0 Å². The van der Waals surface area contributed by atoms with E-state index in [1.54, 1.807) is 0 Å². The van der Waals surface area contributed by atoms with Crippen LogP contribution < -0.4 is 0 Å². The van der Waals surface area contributed by atoms with E-state index >= 15 is 0 Å². The number of β-amino-alcohol motifs (C(OH)–C–C–N with tert-alkyl or cyclic N) is 1. The molecule has 4 saturated carbocycles. The second-order valence-electron chi connectivity index (χ2n) is 14.9. The summed E-state index contributed by atoms with van der Waals surface area (Å²) >= 11 is 0. The molecule has 9 heteroatoms. The van der Waals surface area contributed by atoms with Crippen molar-refractivity contribution >= 4 is 5.78 Å². The molecule has 1 saturated heterocycles. The van der Waals surface area contributed by atoms with E-state index in [1.807, 2.05) is 13.8 Å². The molecule has 5 rings (SSSR count). The fourth-order valence-electron chi connectivity index (χ4n) is 10.3. The Bertz CT molecular complexity index is 927. The number of Topliss-reactive ketones (excluding diaryl/α,β-unsaturated/α-hetero) is 1. The molecule has 0 spiro atoms. The van der Waals surface area contributed by atoms with Crippen molar-refractivity contribution in [2.24, 2.45) is 45.8 Å². The van der Waals surface area contributed by atoms with Gasteiger partial charge in [0.15, 0.2) is 0 Å². The van der Waals surface area contributed by atoms with Crippen molar-refractivity contribution in [2.75, 3.05) is 39.8 Å². The molecule has 4 aliphatic carbocycles. The second-order valence-corrected chi connectivity index (χ2v) is 14.9. The zero-order valence-corrected chi connectivity index (χ0v) is 24.4. The summed E-state index contributed by atoms with van der Waals surface area (Å²) in [7, 11) is 2.11. The third-order valence-electron chi connectivity index (χ3n) is 12.5. The Balaban J connectivity index is 1.45. The van der Waals surface area contributed by atoms with Gasteiger partial charge in [-0.05, 0) is 62.3 Å². The van der Waals surface area contributed by atoms with E-state index in [9.17, 15) is 35.4 Å². The maximum absolute atomic E-state index is 13.2. The molecule has 5 aliphatic rings. The lowest BCUT2D eigenvalue weighted by Gasteiger charge is -2.69. The fourth-order valence-corrected chi connectivity index (χ4v) is 10.3. The maximum atomic E-state index is 13.2. The minimum atomic E-state index is -1.25. The zero-order chi connectivity index (χ0) is 28.7. The molecule has 14 unspecified atom stereocenters.